The maximum absolute atomic E-state index is 11.0. The average Bonchev–Trinajstić information content (AvgIpc) is 2.25. The molecule has 0 saturated carbocycles. The van der Waals surface area contributed by atoms with Crippen molar-refractivity contribution in [3.63, 3.8) is 0 Å². The number of nitrogen functional groups attached to an aromatic ring is 1. The number of hydrogen-bond donors (Lipinski definition) is 4. The number of nitrogens with one attached hydrogen (secondary N) is 3. The molecule has 1 heterocycles. The Morgan fingerprint density at radius 3 is 2.87 bits per heavy atom. The summed E-state index contributed by atoms with van der Waals surface area (Å²) < 4.78 is 0. The lowest BCUT2D eigenvalue weighted by molar-refractivity contribution is -0.118. The topological polar surface area (TPSA) is 105 Å². The molecule has 0 aliphatic carbocycles. The molecule has 82 valence electrons. The van der Waals surface area contributed by atoms with Crippen LogP contribution in [-0.2, 0) is 4.79 Å². The van der Waals surface area contributed by atoms with Gasteiger partial charge in [0.15, 0.2) is 0 Å². The van der Waals surface area contributed by atoms with Gasteiger partial charge in [0.1, 0.15) is 5.82 Å². The van der Waals surface area contributed by atoms with Gasteiger partial charge in [-0.15, -0.1) is 0 Å². The van der Waals surface area contributed by atoms with Crippen LogP contribution in [0.3, 0.4) is 0 Å². The molecular weight excluding hydrogens is 196 g/mol. The Morgan fingerprint density at radius 2 is 2.27 bits per heavy atom. The first-order valence-corrected chi connectivity index (χ1v) is 4.42. The van der Waals surface area contributed by atoms with Crippen LogP contribution in [0.4, 0.5) is 11.8 Å². The monoisotopic (exact) mass is 210 g/mol. The van der Waals surface area contributed by atoms with E-state index in [1.54, 1.807) is 13.1 Å². The highest BCUT2D eigenvalue weighted by Crippen LogP contribution is 2.07. The maximum Gasteiger partial charge on any atom is 0.239 e. The van der Waals surface area contributed by atoms with Crippen LogP contribution < -0.4 is 21.9 Å². The van der Waals surface area contributed by atoms with Crippen molar-refractivity contribution in [1.29, 1.82) is 0 Å². The van der Waals surface area contributed by atoms with Gasteiger partial charge in [-0.25, -0.2) is 10.8 Å². The van der Waals surface area contributed by atoms with Crippen molar-refractivity contribution in [2.45, 2.75) is 6.92 Å². The van der Waals surface area contributed by atoms with Gasteiger partial charge in [0, 0.05) is 18.8 Å². The largest absolute Gasteiger partial charge is 0.361 e. The van der Waals surface area contributed by atoms with Crippen LogP contribution in [0.2, 0.25) is 0 Å². The number of aromatic nitrogens is 2. The molecule has 1 rings (SSSR count). The van der Waals surface area contributed by atoms with Crippen molar-refractivity contribution >= 4 is 17.7 Å². The van der Waals surface area contributed by atoms with E-state index in [-0.39, 0.29) is 12.5 Å². The minimum atomic E-state index is -0.117. The molecule has 0 atom stereocenters. The fourth-order valence-corrected chi connectivity index (χ4v) is 0.983. The summed E-state index contributed by atoms with van der Waals surface area (Å²) in [4.78, 5) is 19.0. The van der Waals surface area contributed by atoms with Crippen LogP contribution in [-0.4, -0.2) is 29.5 Å². The number of nitrogens with two attached hydrogens (primary N) is 1. The van der Waals surface area contributed by atoms with Crippen LogP contribution in [0.15, 0.2) is 6.07 Å². The first kappa shape index (κ1) is 11.2. The first-order chi connectivity index (χ1) is 7.15. The SMILES string of the molecule is CNC(=O)CNc1cc(C)nc(NN)n1. The number of amides is 1. The second-order valence-electron chi connectivity index (χ2n) is 2.89. The molecule has 1 amide bonds. The number of aryl methyl sites for hydroxylation is 1. The van der Waals surface area contributed by atoms with Gasteiger partial charge >= 0.3 is 0 Å². The highest BCUT2D eigenvalue weighted by atomic mass is 16.1. The fourth-order valence-electron chi connectivity index (χ4n) is 0.983. The summed E-state index contributed by atoms with van der Waals surface area (Å²) in [6.45, 7) is 1.98. The molecule has 0 aliphatic rings. The van der Waals surface area contributed by atoms with E-state index in [4.69, 9.17) is 5.84 Å². The molecule has 1 aromatic heterocycles. The van der Waals surface area contributed by atoms with E-state index in [1.165, 1.54) is 0 Å². The van der Waals surface area contributed by atoms with E-state index in [0.29, 0.717) is 11.8 Å². The lowest BCUT2D eigenvalue weighted by atomic mass is 10.4. The number of nitrogens with zero attached hydrogens (tertiary/aromatic N) is 2. The minimum Gasteiger partial charge on any atom is -0.361 e. The van der Waals surface area contributed by atoms with Crippen LogP contribution in [0.1, 0.15) is 5.69 Å². The molecule has 0 bridgehead atoms. The molecule has 1 aromatic rings. The second kappa shape index (κ2) is 5.11. The number of hydrogen-bond acceptors (Lipinski definition) is 6. The van der Waals surface area contributed by atoms with E-state index >= 15 is 0 Å². The molecule has 0 aliphatic heterocycles. The van der Waals surface area contributed by atoms with Crippen molar-refractivity contribution in [3.05, 3.63) is 11.8 Å². The number of carbonyl (C=O) groups is 1. The average molecular weight is 210 g/mol. The van der Waals surface area contributed by atoms with Gasteiger partial charge in [-0.05, 0) is 6.92 Å². The summed E-state index contributed by atoms with van der Waals surface area (Å²) in [5.41, 5.74) is 3.11. The van der Waals surface area contributed by atoms with Gasteiger partial charge < -0.3 is 10.6 Å². The quantitative estimate of drug-likeness (QED) is 0.384. The smallest absolute Gasteiger partial charge is 0.239 e. The third kappa shape index (κ3) is 3.39. The maximum atomic E-state index is 11.0. The number of carbonyl (C=O) groups excluding carboxylic acids is 1. The van der Waals surface area contributed by atoms with E-state index in [1.807, 2.05) is 6.92 Å². The first-order valence-electron chi connectivity index (χ1n) is 4.42. The van der Waals surface area contributed by atoms with Crippen molar-refractivity contribution in [2.75, 3.05) is 24.3 Å². The Hall–Kier alpha value is -1.89. The molecule has 0 unspecified atom stereocenters. The molecule has 0 saturated heterocycles. The Balaban J connectivity index is 2.68. The lowest BCUT2D eigenvalue weighted by Gasteiger charge is -2.07. The van der Waals surface area contributed by atoms with Crippen molar-refractivity contribution < 1.29 is 4.79 Å². The van der Waals surface area contributed by atoms with E-state index in [9.17, 15) is 4.79 Å². The molecule has 0 aromatic carbocycles. The van der Waals surface area contributed by atoms with E-state index in [0.717, 1.165) is 5.69 Å². The highest BCUT2D eigenvalue weighted by molar-refractivity contribution is 5.80. The Labute approximate surface area is 87.5 Å². The van der Waals surface area contributed by atoms with Gasteiger partial charge in [-0.3, -0.25) is 10.2 Å². The van der Waals surface area contributed by atoms with Gasteiger partial charge in [-0.2, -0.15) is 4.98 Å². The van der Waals surface area contributed by atoms with Crippen molar-refractivity contribution in [1.82, 2.24) is 15.3 Å². The summed E-state index contributed by atoms with van der Waals surface area (Å²) in [5, 5.41) is 5.35. The van der Waals surface area contributed by atoms with E-state index in [2.05, 4.69) is 26.0 Å². The van der Waals surface area contributed by atoms with Crippen LogP contribution in [0, 0.1) is 6.92 Å². The summed E-state index contributed by atoms with van der Waals surface area (Å²) >= 11 is 0. The molecule has 7 nitrogen and oxygen atoms in total. The molecule has 5 N–H and O–H groups in total. The molecule has 0 spiro atoms. The Morgan fingerprint density at radius 1 is 1.53 bits per heavy atom. The predicted octanol–water partition coefficient (Wildman–Crippen LogP) is -0.771. The third-order valence-corrected chi connectivity index (χ3v) is 1.69. The molecule has 15 heavy (non-hydrogen) atoms. The second-order valence-corrected chi connectivity index (χ2v) is 2.89. The molecule has 7 heteroatoms. The van der Waals surface area contributed by atoms with E-state index < -0.39 is 0 Å². The third-order valence-electron chi connectivity index (χ3n) is 1.69. The number of likely N-dealkylation sites (N-methyl/N-ethyl adjacent to an activating group) is 1. The zero-order valence-corrected chi connectivity index (χ0v) is 8.66. The number of anilines is 2. The Kier molecular flexibility index (Phi) is 3.81. The molecule has 0 radical (unpaired) electrons. The highest BCUT2D eigenvalue weighted by Gasteiger charge is 2.02. The normalized spacial score (nSPS) is 9.53. The molecular formula is C8H14N6O. The minimum absolute atomic E-state index is 0.117. The molecule has 0 fully saturated rings. The van der Waals surface area contributed by atoms with Crippen LogP contribution >= 0.6 is 0 Å². The van der Waals surface area contributed by atoms with Crippen LogP contribution in [0.25, 0.3) is 0 Å². The fraction of sp³-hybridized carbons (Fsp3) is 0.375. The summed E-state index contributed by atoms with van der Waals surface area (Å²) in [6, 6.07) is 1.73. The standard InChI is InChI=1S/C8H14N6O/c1-5-3-6(11-4-7(15)10-2)13-8(12-5)14-9/h3H,4,9H2,1-2H3,(H,10,15)(H2,11,12,13,14). The van der Waals surface area contributed by atoms with Gasteiger partial charge in [0.2, 0.25) is 11.9 Å². The van der Waals surface area contributed by atoms with Gasteiger partial charge in [0.25, 0.3) is 0 Å². The zero-order chi connectivity index (χ0) is 11.3. The predicted molar refractivity (Wildman–Crippen MR) is 57.1 cm³/mol. The van der Waals surface area contributed by atoms with Crippen LogP contribution in [0.5, 0.6) is 0 Å². The Bertz CT molecular complexity index is 353. The van der Waals surface area contributed by atoms with Crippen molar-refractivity contribution in [2.24, 2.45) is 5.84 Å². The summed E-state index contributed by atoms with van der Waals surface area (Å²) in [5.74, 6) is 5.94. The van der Waals surface area contributed by atoms with Gasteiger partial charge in [-0.1, -0.05) is 0 Å². The number of rotatable bonds is 4. The zero-order valence-electron chi connectivity index (χ0n) is 8.66. The lowest BCUT2D eigenvalue weighted by Crippen LogP contribution is -2.26. The summed E-state index contributed by atoms with van der Waals surface area (Å²) in [6.07, 6.45) is 0. The van der Waals surface area contributed by atoms with Crippen molar-refractivity contribution in [3.8, 4) is 0 Å². The number of hydrazine groups is 1. The van der Waals surface area contributed by atoms with Gasteiger partial charge in [0.05, 0.1) is 6.54 Å². The summed E-state index contributed by atoms with van der Waals surface area (Å²) in [7, 11) is 1.57.